The van der Waals surface area contributed by atoms with Gasteiger partial charge in [0.15, 0.2) is 11.6 Å². The number of likely N-dealkylation sites (N-methyl/N-ethyl adjacent to an activating group) is 1. The number of hydrogen-bond acceptors (Lipinski definition) is 3. The first-order valence-corrected chi connectivity index (χ1v) is 6.99. The standard InChI is InChI=1S/C12H11BrF2N2S/c1-16-9(6-10-17-4-5-18-10)7-2-3-8(14)12(15)11(7)13/h2-5,9,16H,6H2,1H3. The van der Waals surface area contributed by atoms with Gasteiger partial charge < -0.3 is 5.32 Å². The summed E-state index contributed by atoms with van der Waals surface area (Å²) in [6, 6.07) is 2.61. The van der Waals surface area contributed by atoms with Crippen LogP contribution in [0.5, 0.6) is 0 Å². The van der Waals surface area contributed by atoms with E-state index in [0.717, 1.165) is 11.1 Å². The molecule has 1 atom stereocenters. The second kappa shape index (κ2) is 5.86. The maximum atomic E-state index is 13.5. The monoisotopic (exact) mass is 332 g/mol. The van der Waals surface area contributed by atoms with E-state index in [4.69, 9.17) is 0 Å². The zero-order valence-corrected chi connectivity index (χ0v) is 12.0. The molecule has 1 aromatic heterocycles. The molecule has 2 nitrogen and oxygen atoms in total. The summed E-state index contributed by atoms with van der Waals surface area (Å²) in [5.74, 6) is -1.71. The number of rotatable bonds is 4. The summed E-state index contributed by atoms with van der Waals surface area (Å²) in [5, 5.41) is 5.93. The van der Waals surface area contributed by atoms with Crippen molar-refractivity contribution in [2.24, 2.45) is 0 Å². The zero-order chi connectivity index (χ0) is 13.1. The van der Waals surface area contributed by atoms with Gasteiger partial charge in [-0.05, 0) is 34.6 Å². The fraction of sp³-hybridized carbons (Fsp3) is 0.250. The number of halogens is 3. The van der Waals surface area contributed by atoms with E-state index in [2.05, 4.69) is 26.2 Å². The topological polar surface area (TPSA) is 24.9 Å². The van der Waals surface area contributed by atoms with E-state index in [0.29, 0.717) is 12.0 Å². The van der Waals surface area contributed by atoms with Crippen molar-refractivity contribution in [2.45, 2.75) is 12.5 Å². The van der Waals surface area contributed by atoms with Gasteiger partial charge in [0.1, 0.15) is 0 Å². The lowest BCUT2D eigenvalue weighted by molar-refractivity contribution is 0.495. The van der Waals surface area contributed by atoms with E-state index in [9.17, 15) is 8.78 Å². The summed E-state index contributed by atoms with van der Waals surface area (Å²) in [4.78, 5) is 4.19. The number of aromatic nitrogens is 1. The first-order valence-electron chi connectivity index (χ1n) is 5.32. The number of nitrogens with zero attached hydrogens (tertiary/aromatic N) is 1. The van der Waals surface area contributed by atoms with Crippen LogP contribution in [0.25, 0.3) is 0 Å². The van der Waals surface area contributed by atoms with Crippen LogP contribution in [0.1, 0.15) is 16.6 Å². The first kappa shape index (κ1) is 13.6. The van der Waals surface area contributed by atoms with E-state index in [1.54, 1.807) is 30.6 Å². The van der Waals surface area contributed by atoms with Crippen molar-refractivity contribution in [3.05, 3.63) is 50.4 Å². The van der Waals surface area contributed by atoms with Crippen molar-refractivity contribution in [1.29, 1.82) is 0 Å². The lowest BCUT2D eigenvalue weighted by atomic mass is 10.0. The van der Waals surface area contributed by atoms with Crippen LogP contribution < -0.4 is 5.32 Å². The van der Waals surface area contributed by atoms with Crippen molar-refractivity contribution < 1.29 is 8.78 Å². The molecule has 0 fully saturated rings. The van der Waals surface area contributed by atoms with E-state index < -0.39 is 11.6 Å². The van der Waals surface area contributed by atoms with E-state index in [1.807, 2.05) is 5.38 Å². The molecule has 0 radical (unpaired) electrons. The van der Waals surface area contributed by atoms with Gasteiger partial charge in [0.05, 0.1) is 9.48 Å². The molecule has 0 aliphatic carbocycles. The smallest absolute Gasteiger partial charge is 0.173 e. The van der Waals surface area contributed by atoms with Gasteiger partial charge in [0.2, 0.25) is 0 Å². The van der Waals surface area contributed by atoms with E-state index in [-0.39, 0.29) is 10.5 Å². The second-order valence-corrected chi connectivity index (χ2v) is 5.51. The Morgan fingerprint density at radius 1 is 1.44 bits per heavy atom. The maximum Gasteiger partial charge on any atom is 0.173 e. The van der Waals surface area contributed by atoms with Gasteiger partial charge in [-0.25, -0.2) is 13.8 Å². The molecule has 0 spiro atoms. The zero-order valence-electron chi connectivity index (χ0n) is 9.58. The van der Waals surface area contributed by atoms with Gasteiger partial charge in [-0.2, -0.15) is 0 Å². The molecule has 1 unspecified atom stereocenters. The molecule has 0 saturated heterocycles. The maximum absolute atomic E-state index is 13.5. The van der Waals surface area contributed by atoms with Crippen molar-refractivity contribution in [3.63, 3.8) is 0 Å². The fourth-order valence-electron chi connectivity index (χ4n) is 1.71. The van der Waals surface area contributed by atoms with Gasteiger partial charge in [-0.15, -0.1) is 11.3 Å². The van der Waals surface area contributed by atoms with Crippen LogP contribution in [-0.2, 0) is 6.42 Å². The van der Waals surface area contributed by atoms with Gasteiger partial charge in [-0.3, -0.25) is 0 Å². The van der Waals surface area contributed by atoms with E-state index in [1.165, 1.54) is 0 Å². The molecule has 0 saturated carbocycles. The summed E-state index contributed by atoms with van der Waals surface area (Å²) in [5.41, 5.74) is 0.687. The van der Waals surface area contributed by atoms with Crippen molar-refractivity contribution in [3.8, 4) is 0 Å². The molecule has 1 aromatic carbocycles. The van der Waals surface area contributed by atoms with E-state index >= 15 is 0 Å². The lowest BCUT2D eigenvalue weighted by Gasteiger charge is -2.17. The van der Waals surface area contributed by atoms with Gasteiger partial charge in [0.25, 0.3) is 0 Å². The third-order valence-electron chi connectivity index (χ3n) is 2.65. The van der Waals surface area contributed by atoms with Crippen molar-refractivity contribution in [2.75, 3.05) is 7.05 Å². The Balaban J connectivity index is 2.30. The Morgan fingerprint density at radius 2 is 2.22 bits per heavy atom. The van der Waals surface area contributed by atoms with Crippen LogP contribution in [0, 0.1) is 11.6 Å². The fourth-order valence-corrected chi connectivity index (χ4v) is 2.97. The Bertz CT molecular complexity index is 531. The van der Waals surface area contributed by atoms with Gasteiger partial charge >= 0.3 is 0 Å². The molecule has 6 heteroatoms. The van der Waals surface area contributed by atoms with Crippen LogP contribution in [-0.4, -0.2) is 12.0 Å². The normalized spacial score (nSPS) is 12.7. The van der Waals surface area contributed by atoms with Gasteiger partial charge in [0, 0.05) is 24.0 Å². The van der Waals surface area contributed by atoms with Crippen LogP contribution in [0.2, 0.25) is 0 Å². The number of thiazole rings is 1. The Labute approximate surface area is 116 Å². The Kier molecular flexibility index (Phi) is 4.42. The summed E-state index contributed by atoms with van der Waals surface area (Å²) in [7, 11) is 1.78. The molecule has 0 amide bonds. The summed E-state index contributed by atoms with van der Waals surface area (Å²) >= 11 is 4.64. The van der Waals surface area contributed by atoms with Crippen LogP contribution >= 0.6 is 27.3 Å². The molecule has 2 aromatic rings. The minimum atomic E-state index is -0.855. The molecule has 0 bridgehead atoms. The molecule has 2 rings (SSSR count). The summed E-state index contributed by atoms with van der Waals surface area (Å²) < 4.78 is 26.7. The number of benzene rings is 1. The molecule has 0 aliphatic rings. The second-order valence-electron chi connectivity index (χ2n) is 3.74. The highest BCUT2D eigenvalue weighted by Gasteiger charge is 2.19. The minimum Gasteiger partial charge on any atom is -0.313 e. The molecular formula is C12H11BrF2N2S. The molecule has 0 aliphatic heterocycles. The molecule has 1 N–H and O–H groups in total. The van der Waals surface area contributed by atoms with Crippen molar-refractivity contribution >= 4 is 27.3 Å². The third-order valence-corrected chi connectivity index (χ3v) is 4.26. The first-order chi connectivity index (χ1) is 8.63. The average molecular weight is 333 g/mol. The number of hydrogen-bond donors (Lipinski definition) is 1. The number of nitrogens with one attached hydrogen (secondary N) is 1. The van der Waals surface area contributed by atoms with Crippen LogP contribution in [0.15, 0.2) is 28.2 Å². The molecule has 18 heavy (non-hydrogen) atoms. The van der Waals surface area contributed by atoms with Crippen molar-refractivity contribution in [1.82, 2.24) is 10.3 Å². The van der Waals surface area contributed by atoms with Crippen LogP contribution in [0.4, 0.5) is 8.78 Å². The molecule has 96 valence electrons. The quantitative estimate of drug-likeness (QED) is 0.864. The third kappa shape index (κ3) is 2.76. The predicted molar refractivity (Wildman–Crippen MR) is 71.7 cm³/mol. The largest absolute Gasteiger partial charge is 0.313 e. The highest BCUT2D eigenvalue weighted by molar-refractivity contribution is 9.10. The molecule has 1 heterocycles. The summed E-state index contributed by atoms with van der Waals surface area (Å²) in [6.45, 7) is 0. The minimum absolute atomic E-state index is 0.111. The van der Waals surface area contributed by atoms with Crippen LogP contribution in [0.3, 0.4) is 0 Å². The molecular weight excluding hydrogens is 322 g/mol. The lowest BCUT2D eigenvalue weighted by Crippen LogP contribution is -2.19. The predicted octanol–water partition coefficient (Wildman–Crippen LogP) is 3.69. The summed E-state index contributed by atoms with van der Waals surface area (Å²) in [6.07, 6.45) is 2.37. The average Bonchev–Trinajstić information content (AvgIpc) is 2.87. The van der Waals surface area contributed by atoms with Gasteiger partial charge in [-0.1, -0.05) is 6.07 Å². The Morgan fingerprint density at radius 3 is 2.83 bits per heavy atom. The highest BCUT2D eigenvalue weighted by Crippen LogP contribution is 2.29. The SMILES string of the molecule is CNC(Cc1nccs1)c1ccc(F)c(F)c1Br. The Hall–Kier alpha value is -0.850. The highest BCUT2D eigenvalue weighted by atomic mass is 79.9.